The lowest BCUT2D eigenvalue weighted by Crippen LogP contribution is -2.51. The molecule has 4 aliphatic rings. The van der Waals surface area contributed by atoms with E-state index in [4.69, 9.17) is 4.84 Å². The Hall–Kier alpha value is -2.96. The molecule has 7 nitrogen and oxygen atoms in total. The van der Waals surface area contributed by atoms with Crippen LogP contribution in [0.2, 0.25) is 0 Å². The number of oxime groups is 1. The smallest absolute Gasteiger partial charge is 0.304 e. The van der Waals surface area contributed by atoms with Crippen LogP contribution in [0.25, 0.3) is 0 Å². The van der Waals surface area contributed by atoms with Gasteiger partial charge in [0.1, 0.15) is 5.78 Å². The van der Waals surface area contributed by atoms with Gasteiger partial charge < -0.3 is 15.3 Å². The molecule has 0 spiro atoms. The highest BCUT2D eigenvalue weighted by Gasteiger charge is 2.59. The fraction of sp³-hybridized carbons (Fsp3) is 0.636. The van der Waals surface area contributed by atoms with E-state index in [0.29, 0.717) is 23.5 Å². The van der Waals surface area contributed by atoms with E-state index in [1.807, 2.05) is 30.3 Å². The lowest BCUT2D eigenvalue weighted by Gasteiger charge is -2.58. The van der Waals surface area contributed by atoms with Crippen molar-refractivity contribution in [3.63, 3.8) is 0 Å². The number of ketones is 1. The second kappa shape index (κ2) is 11.5. The highest BCUT2D eigenvalue weighted by atomic mass is 16.6. The first kappa shape index (κ1) is 28.6. The number of aliphatic carboxylic acids is 1. The van der Waals surface area contributed by atoms with E-state index in [-0.39, 0.29) is 48.1 Å². The second-order valence-electron chi connectivity index (χ2n) is 13.2. The van der Waals surface area contributed by atoms with Crippen LogP contribution >= 0.6 is 0 Å². The second-order valence-corrected chi connectivity index (χ2v) is 13.2. The fourth-order valence-electron chi connectivity index (χ4n) is 9.02. The molecule has 7 atom stereocenters. The maximum atomic E-state index is 12.4. The summed E-state index contributed by atoms with van der Waals surface area (Å²) in [6, 6.07) is 9.37. The summed E-state index contributed by atoms with van der Waals surface area (Å²) in [5.41, 5.74) is 3.59. The number of carboxylic acid groups (broad SMARTS) is 1. The molecule has 1 amide bonds. The Bertz CT molecular complexity index is 1190. The molecule has 40 heavy (non-hydrogen) atoms. The molecule has 0 aromatic heterocycles. The molecule has 0 saturated heterocycles. The van der Waals surface area contributed by atoms with Crippen LogP contribution in [0.3, 0.4) is 0 Å². The quantitative estimate of drug-likeness (QED) is 0.374. The number of nitrogens with zero attached hydrogens (tertiary/aromatic N) is 1. The van der Waals surface area contributed by atoms with Gasteiger partial charge in [-0.2, -0.15) is 0 Å². The zero-order valence-electron chi connectivity index (χ0n) is 24.2. The maximum Gasteiger partial charge on any atom is 0.304 e. The number of carboxylic acids is 1. The molecule has 0 aliphatic heterocycles. The van der Waals surface area contributed by atoms with Gasteiger partial charge in [-0.3, -0.25) is 14.4 Å². The van der Waals surface area contributed by atoms with E-state index in [2.05, 4.69) is 30.4 Å². The van der Waals surface area contributed by atoms with Crippen LogP contribution in [-0.2, 0) is 19.2 Å². The fourth-order valence-corrected chi connectivity index (χ4v) is 9.02. The zero-order valence-corrected chi connectivity index (χ0v) is 24.2. The first-order valence-corrected chi connectivity index (χ1v) is 15.1. The van der Waals surface area contributed by atoms with Crippen molar-refractivity contribution in [2.24, 2.45) is 39.7 Å². The molecule has 216 valence electrons. The summed E-state index contributed by atoms with van der Waals surface area (Å²) in [7, 11) is 0. The van der Waals surface area contributed by atoms with Crippen LogP contribution in [0, 0.1) is 34.5 Å². The van der Waals surface area contributed by atoms with Gasteiger partial charge in [0, 0.05) is 18.4 Å². The van der Waals surface area contributed by atoms with E-state index >= 15 is 0 Å². The number of carbonyl (C=O) groups excluding carboxylic acids is 2. The molecule has 3 fully saturated rings. The van der Waals surface area contributed by atoms with Gasteiger partial charge in [-0.15, -0.1) is 0 Å². The van der Waals surface area contributed by atoms with Crippen LogP contribution in [0.1, 0.15) is 90.0 Å². The molecular formula is C33H44N2O5. The van der Waals surface area contributed by atoms with Gasteiger partial charge in [0.25, 0.3) is 5.91 Å². The van der Waals surface area contributed by atoms with E-state index in [1.165, 1.54) is 24.8 Å². The molecule has 1 aromatic carbocycles. The number of fused-ring (bicyclic) bond motifs is 5. The average molecular weight is 549 g/mol. The predicted molar refractivity (Wildman–Crippen MR) is 154 cm³/mol. The van der Waals surface area contributed by atoms with E-state index in [0.717, 1.165) is 43.4 Å². The Morgan fingerprint density at radius 2 is 1.82 bits per heavy atom. The summed E-state index contributed by atoms with van der Waals surface area (Å²) in [5.74, 6) is 1.13. The first-order chi connectivity index (χ1) is 19.1. The van der Waals surface area contributed by atoms with Gasteiger partial charge >= 0.3 is 5.97 Å². The van der Waals surface area contributed by atoms with Gasteiger partial charge in [-0.05, 0) is 98.5 Å². The number of benzene rings is 1. The molecule has 0 unspecified atom stereocenters. The summed E-state index contributed by atoms with van der Waals surface area (Å²) in [6.45, 7) is 6.67. The van der Waals surface area contributed by atoms with Gasteiger partial charge in [0.05, 0.1) is 12.1 Å². The summed E-state index contributed by atoms with van der Waals surface area (Å²) in [4.78, 5) is 41.6. The van der Waals surface area contributed by atoms with Crippen molar-refractivity contribution in [2.45, 2.75) is 84.5 Å². The van der Waals surface area contributed by atoms with Crippen LogP contribution < -0.4 is 5.32 Å². The number of hydrogen-bond acceptors (Lipinski definition) is 5. The molecule has 0 heterocycles. The van der Waals surface area contributed by atoms with Crippen LogP contribution in [0.15, 0.2) is 47.1 Å². The van der Waals surface area contributed by atoms with Crippen molar-refractivity contribution >= 4 is 23.4 Å². The number of allylic oxidation sites excluding steroid dienone is 2. The molecule has 3 saturated carbocycles. The highest BCUT2D eigenvalue weighted by Crippen LogP contribution is 2.66. The van der Waals surface area contributed by atoms with Crippen LogP contribution in [-0.4, -0.2) is 41.6 Å². The van der Waals surface area contributed by atoms with Crippen molar-refractivity contribution in [1.82, 2.24) is 5.32 Å². The molecule has 0 radical (unpaired) electrons. The Morgan fingerprint density at radius 1 is 1.05 bits per heavy atom. The Labute approximate surface area is 237 Å². The zero-order chi connectivity index (χ0) is 28.5. The number of carbonyl (C=O) groups is 3. The standard InChI is InChI=1S/C33H44N2O5/c1-21(36)27-11-12-28-26-10-9-24-18-25(13-15-32(24,2)29(26)14-16-33(27,28)3)35-40-20-30(37)34-19-23(17-31(38)39)22-7-5-4-6-8-22/h4-8,18,23,26-29H,9-17,19-20H2,1-3H3,(H,34,37)(H,38,39)/b35-25-/t23-,26+,27-,28+,29+,32+,33-/m1/s1. The van der Waals surface area contributed by atoms with E-state index in [9.17, 15) is 19.5 Å². The number of hydrogen-bond donors (Lipinski definition) is 2. The Balaban J connectivity index is 1.17. The third-order valence-electron chi connectivity index (χ3n) is 11.1. The van der Waals surface area contributed by atoms with Crippen LogP contribution in [0.5, 0.6) is 0 Å². The van der Waals surface area contributed by atoms with Gasteiger partial charge in [-0.25, -0.2) is 0 Å². The molecule has 0 bridgehead atoms. The molecule has 5 rings (SSSR count). The van der Waals surface area contributed by atoms with Crippen molar-refractivity contribution in [1.29, 1.82) is 0 Å². The highest BCUT2D eigenvalue weighted by molar-refractivity contribution is 5.96. The monoisotopic (exact) mass is 548 g/mol. The van der Waals surface area contributed by atoms with Gasteiger partial charge in [-0.1, -0.05) is 54.9 Å². The number of rotatable bonds is 9. The largest absolute Gasteiger partial charge is 0.481 e. The van der Waals surface area contributed by atoms with E-state index < -0.39 is 5.97 Å². The normalized spacial score (nSPS) is 34.6. The minimum Gasteiger partial charge on any atom is -0.481 e. The summed E-state index contributed by atoms with van der Waals surface area (Å²) < 4.78 is 0. The summed E-state index contributed by atoms with van der Waals surface area (Å²) in [6.07, 6.45) is 10.9. The first-order valence-electron chi connectivity index (χ1n) is 15.1. The number of Topliss-reactive ketones (excluding diaryl/α,β-unsaturated/α-hetero) is 1. The summed E-state index contributed by atoms with van der Waals surface area (Å²) >= 11 is 0. The minimum atomic E-state index is -0.900. The third-order valence-corrected chi connectivity index (χ3v) is 11.1. The van der Waals surface area contributed by atoms with Crippen molar-refractivity contribution in [3.8, 4) is 0 Å². The van der Waals surface area contributed by atoms with Gasteiger partial charge in [0.2, 0.25) is 0 Å². The topological polar surface area (TPSA) is 105 Å². The molecule has 4 aliphatic carbocycles. The minimum absolute atomic E-state index is 0.0566. The third kappa shape index (κ3) is 5.48. The Kier molecular flexibility index (Phi) is 8.21. The van der Waals surface area contributed by atoms with Crippen molar-refractivity contribution in [2.75, 3.05) is 13.2 Å². The lowest BCUT2D eigenvalue weighted by molar-refractivity contribution is -0.137. The predicted octanol–water partition coefficient (Wildman–Crippen LogP) is 5.90. The number of amides is 1. The Morgan fingerprint density at radius 3 is 2.55 bits per heavy atom. The van der Waals surface area contributed by atoms with Crippen molar-refractivity contribution < 1.29 is 24.3 Å². The molecule has 1 aromatic rings. The number of nitrogens with one attached hydrogen (secondary N) is 1. The average Bonchev–Trinajstić information content (AvgIpc) is 3.29. The summed E-state index contributed by atoms with van der Waals surface area (Å²) in [5, 5.41) is 16.4. The van der Waals surface area contributed by atoms with Gasteiger partial charge in [0.15, 0.2) is 6.61 Å². The lowest BCUT2D eigenvalue weighted by atomic mass is 9.46. The molecular weight excluding hydrogens is 504 g/mol. The molecule has 7 heteroatoms. The van der Waals surface area contributed by atoms with Crippen molar-refractivity contribution in [3.05, 3.63) is 47.5 Å². The SMILES string of the molecule is CC(=O)[C@H]1CC[C@H]2[C@@H]3CCC4=C/C(=N\OCC(=O)NC[C@@H](CC(=O)O)c5ccccc5)CC[C@]4(C)[C@H]3CC[C@]12C. The molecule has 2 N–H and O–H groups in total. The van der Waals surface area contributed by atoms with Crippen LogP contribution in [0.4, 0.5) is 0 Å². The van der Waals surface area contributed by atoms with E-state index in [1.54, 1.807) is 6.92 Å². The maximum absolute atomic E-state index is 12.4.